The third-order valence-electron chi connectivity index (χ3n) is 5.68. The van der Waals surface area contributed by atoms with Crippen LogP contribution in [0.1, 0.15) is 27.8 Å². The smallest absolute Gasteiger partial charge is 0.260 e. The van der Waals surface area contributed by atoms with Gasteiger partial charge in [0.05, 0.1) is 18.2 Å². The number of rotatable bonds is 6. The van der Waals surface area contributed by atoms with Gasteiger partial charge in [0.2, 0.25) is 10.0 Å². The number of amides is 1. The van der Waals surface area contributed by atoms with Gasteiger partial charge in [0.25, 0.3) is 5.91 Å². The van der Waals surface area contributed by atoms with E-state index in [0.717, 1.165) is 45.5 Å². The molecule has 4 rings (SSSR count). The summed E-state index contributed by atoms with van der Waals surface area (Å²) in [4.78, 5) is 12.5. The molecule has 0 aliphatic heterocycles. The van der Waals surface area contributed by atoms with Gasteiger partial charge in [-0.2, -0.15) is 5.10 Å². The highest BCUT2D eigenvalue weighted by Gasteiger charge is 2.23. The van der Waals surface area contributed by atoms with E-state index in [1.165, 1.54) is 16.5 Å². The summed E-state index contributed by atoms with van der Waals surface area (Å²) in [5, 5.41) is 6.48. The quantitative estimate of drug-likeness (QED) is 0.476. The number of anilines is 1. The summed E-state index contributed by atoms with van der Waals surface area (Å²) in [5.41, 5.74) is 8.16. The van der Waals surface area contributed by atoms with Crippen molar-refractivity contribution < 1.29 is 13.2 Å². The first-order chi connectivity index (χ1) is 14.8. The van der Waals surface area contributed by atoms with Crippen LogP contribution in [-0.4, -0.2) is 33.3 Å². The van der Waals surface area contributed by atoms with Gasteiger partial charge in [-0.1, -0.05) is 48.5 Å². The van der Waals surface area contributed by atoms with Crippen LogP contribution in [0.2, 0.25) is 0 Å². The van der Waals surface area contributed by atoms with E-state index in [9.17, 15) is 13.2 Å². The SMILES string of the molecule is Cc1cccc(C)c1N(CC(=O)N/N=C\c1ccc2c3c(cccc13)CC2)S(C)(=O)=O. The number of sulfonamides is 1. The molecule has 3 aromatic rings. The predicted molar refractivity (Wildman–Crippen MR) is 125 cm³/mol. The van der Waals surface area contributed by atoms with E-state index < -0.39 is 15.9 Å². The summed E-state index contributed by atoms with van der Waals surface area (Å²) in [5.74, 6) is -0.504. The highest BCUT2D eigenvalue weighted by Crippen LogP contribution is 2.32. The minimum atomic E-state index is -3.65. The number of carbonyl (C=O) groups excluding carboxylic acids is 1. The summed E-state index contributed by atoms with van der Waals surface area (Å²) in [7, 11) is -3.65. The second kappa shape index (κ2) is 8.15. The third kappa shape index (κ3) is 4.18. The maximum Gasteiger partial charge on any atom is 0.260 e. The summed E-state index contributed by atoms with van der Waals surface area (Å²) in [6.45, 7) is 3.31. The van der Waals surface area contributed by atoms with Gasteiger partial charge in [-0.05, 0) is 59.7 Å². The molecule has 0 unspecified atom stereocenters. The van der Waals surface area contributed by atoms with Crippen LogP contribution in [0.15, 0.2) is 53.6 Å². The highest BCUT2D eigenvalue weighted by molar-refractivity contribution is 7.92. The van der Waals surface area contributed by atoms with Crippen molar-refractivity contribution in [2.24, 2.45) is 5.10 Å². The van der Waals surface area contributed by atoms with Crippen molar-refractivity contribution in [2.45, 2.75) is 26.7 Å². The van der Waals surface area contributed by atoms with Gasteiger partial charge < -0.3 is 0 Å². The van der Waals surface area contributed by atoms with Crippen LogP contribution < -0.4 is 9.73 Å². The molecule has 3 aromatic carbocycles. The summed E-state index contributed by atoms with van der Waals surface area (Å²) in [6, 6.07) is 15.9. The number of hydrazone groups is 1. The van der Waals surface area contributed by atoms with Crippen molar-refractivity contribution in [2.75, 3.05) is 17.1 Å². The van der Waals surface area contributed by atoms with Gasteiger partial charge in [0.1, 0.15) is 6.54 Å². The van der Waals surface area contributed by atoms with Crippen molar-refractivity contribution in [3.63, 3.8) is 0 Å². The van der Waals surface area contributed by atoms with Crippen LogP contribution in [0, 0.1) is 13.8 Å². The number of nitrogens with zero attached hydrogens (tertiary/aromatic N) is 2. The van der Waals surface area contributed by atoms with Gasteiger partial charge in [-0.25, -0.2) is 13.8 Å². The van der Waals surface area contributed by atoms with E-state index in [1.54, 1.807) is 6.21 Å². The Morgan fingerprint density at radius 2 is 1.68 bits per heavy atom. The standard InChI is InChI=1S/C24H25N3O3S/c1-16-6-4-7-17(2)24(16)27(31(3,29)30)15-22(28)26-25-14-20-13-12-19-11-10-18-8-5-9-21(20)23(18)19/h4-9,12-14H,10-11,15H2,1-3H3,(H,26,28)/b25-14-. The molecule has 7 heteroatoms. The molecule has 0 heterocycles. The Morgan fingerprint density at radius 1 is 1.03 bits per heavy atom. The minimum Gasteiger partial charge on any atom is -0.271 e. The van der Waals surface area contributed by atoms with Crippen LogP contribution in [0.25, 0.3) is 10.8 Å². The Labute approximate surface area is 182 Å². The normalized spacial score (nSPS) is 13.1. The zero-order chi connectivity index (χ0) is 22.2. The Balaban J connectivity index is 1.54. The number of aryl methyl sites for hydroxylation is 4. The van der Waals surface area contributed by atoms with Crippen LogP contribution >= 0.6 is 0 Å². The molecule has 0 bridgehead atoms. The molecule has 6 nitrogen and oxygen atoms in total. The topological polar surface area (TPSA) is 78.8 Å². The number of hydrogen-bond acceptors (Lipinski definition) is 4. The van der Waals surface area contributed by atoms with Crippen molar-refractivity contribution in [3.05, 3.63) is 76.3 Å². The Bertz CT molecular complexity index is 1280. The maximum absolute atomic E-state index is 12.5. The number of benzene rings is 3. The zero-order valence-corrected chi connectivity index (χ0v) is 18.7. The molecular weight excluding hydrogens is 410 g/mol. The number of para-hydroxylation sites is 1. The van der Waals surface area contributed by atoms with Gasteiger partial charge >= 0.3 is 0 Å². The van der Waals surface area contributed by atoms with E-state index in [4.69, 9.17) is 0 Å². The van der Waals surface area contributed by atoms with E-state index >= 15 is 0 Å². The summed E-state index contributed by atoms with van der Waals surface area (Å²) in [6.07, 6.45) is 4.80. The van der Waals surface area contributed by atoms with Gasteiger partial charge in [0.15, 0.2) is 0 Å². The van der Waals surface area contributed by atoms with Crippen LogP contribution in [0.4, 0.5) is 5.69 Å². The Kier molecular flexibility index (Phi) is 5.54. The molecule has 1 aliphatic carbocycles. The van der Waals surface area contributed by atoms with Crippen molar-refractivity contribution in [1.82, 2.24) is 5.43 Å². The highest BCUT2D eigenvalue weighted by atomic mass is 32.2. The minimum absolute atomic E-state index is 0.342. The molecule has 1 aliphatic rings. The lowest BCUT2D eigenvalue weighted by Gasteiger charge is -2.25. The van der Waals surface area contributed by atoms with Gasteiger partial charge in [0, 0.05) is 5.56 Å². The summed E-state index contributed by atoms with van der Waals surface area (Å²) >= 11 is 0. The monoisotopic (exact) mass is 435 g/mol. The first kappa shape index (κ1) is 21.1. The molecule has 0 aromatic heterocycles. The summed E-state index contributed by atoms with van der Waals surface area (Å²) < 4.78 is 25.9. The van der Waals surface area contributed by atoms with Crippen LogP contribution in [0.3, 0.4) is 0 Å². The number of carbonyl (C=O) groups is 1. The fraction of sp³-hybridized carbons (Fsp3) is 0.250. The van der Waals surface area contributed by atoms with E-state index in [-0.39, 0.29) is 6.54 Å². The number of hydrogen-bond donors (Lipinski definition) is 1. The zero-order valence-electron chi connectivity index (χ0n) is 17.8. The molecule has 1 N–H and O–H groups in total. The largest absolute Gasteiger partial charge is 0.271 e. The average Bonchev–Trinajstić information content (AvgIpc) is 3.13. The van der Waals surface area contributed by atoms with Crippen molar-refractivity contribution in [3.8, 4) is 0 Å². The van der Waals surface area contributed by atoms with E-state index in [2.05, 4.69) is 28.7 Å². The molecule has 1 amide bonds. The fourth-order valence-electron chi connectivity index (χ4n) is 4.28. The van der Waals surface area contributed by atoms with Crippen LogP contribution in [-0.2, 0) is 27.7 Å². The molecule has 0 radical (unpaired) electrons. The van der Waals surface area contributed by atoms with Gasteiger partial charge in [-0.15, -0.1) is 0 Å². The van der Waals surface area contributed by atoms with Gasteiger partial charge in [-0.3, -0.25) is 9.10 Å². The fourth-order valence-corrected chi connectivity index (χ4v) is 5.25. The Morgan fingerprint density at radius 3 is 2.35 bits per heavy atom. The lowest BCUT2D eigenvalue weighted by molar-refractivity contribution is -0.119. The molecular formula is C24H25N3O3S. The number of nitrogens with one attached hydrogen (secondary N) is 1. The van der Waals surface area contributed by atoms with E-state index in [0.29, 0.717) is 5.69 Å². The van der Waals surface area contributed by atoms with E-state index in [1.807, 2.05) is 44.2 Å². The second-order valence-electron chi connectivity index (χ2n) is 7.96. The lowest BCUT2D eigenvalue weighted by Crippen LogP contribution is -2.39. The maximum atomic E-state index is 12.5. The molecule has 0 fully saturated rings. The average molecular weight is 436 g/mol. The predicted octanol–water partition coefficient (Wildman–Crippen LogP) is 3.47. The Hall–Kier alpha value is -3.19. The molecule has 160 valence electrons. The molecule has 0 saturated heterocycles. The lowest BCUT2D eigenvalue weighted by atomic mass is 10.0. The second-order valence-corrected chi connectivity index (χ2v) is 9.86. The molecule has 31 heavy (non-hydrogen) atoms. The molecule has 0 spiro atoms. The molecule has 0 atom stereocenters. The first-order valence-corrected chi connectivity index (χ1v) is 12.0. The van der Waals surface area contributed by atoms with Crippen molar-refractivity contribution in [1.29, 1.82) is 0 Å². The first-order valence-electron chi connectivity index (χ1n) is 10.1. The third-order valence-corrected chi connectivity index (χ3v) is 6.79. The van der Waals surface area contributed by atoms with Crippen molar-refractivity contribution >= 4 is 38.6 Å². The molecule has 0 saturated carbocycles. The van der Waals surface area contributed by atoms with Crippen LogP contribution in [0.5, 0.6) is 0 Å².